The molecule has 0 aromatic rings. The molecular formula is C11H17NO3. The van der Waals surface area contributed by atoms with E-state index >= 15 is 0 Å². The van der Waals surface area contributed by atoms with Crippen molar-refractivity contribution in [1.29, 1.82) is 0 Å². The van der Waals surface area contributed by atoms with Gasteiger partial charge in [0.1, 0.15) is 0 Å². The highest BCUT2D eigenvalue weighted by molar-refractivity contribution is 5.72. The number of rotatable bonds is 6. The van der Waals surface area contributed by atoms with E-state index in [1.54, 1.807) is 25.2 Å². The summed E-state index contributed by atoms with van der Waals surface area (Å²) in [5.41, 5.74) is 6.90. The monoisotopic (exact) mass is 211 g/mol. The molecule has 0 amide bonds. The second-order valence-corrected chi connectivity index (χ2v) is 2.98. The van der Waals surface area contributed by atoms with Crippen LogP contribution in [0.3, 0.4) is 0 Å². The average molecular weight is 211 g/mol. The van der Waals surface area contributed by atoms with Crippen molar-refractivity contribution in [2.24, 2.45) is 5.73 Å². The molecule has 1 atom stereocenters. The van der Waals surface area contributed by atoms with Crippen LogP contribution in [0.1, 0.15) is 13.3 Å². The third kappa shape index (κ3) is 5.02. The molecule has 0 bridgehead atoms. The van der Waals surface area contributed by atoms with E-state index in [4.69, 9.17) is 15.6 Å². The summed E-state index contributed by atoms with van der Waals surface area (Å²) in [6.07, 6.45) is 4.38. The summed E-state index contributed by atoms with van der Waals surface area (Å²) in [7, 11) is 1.36. The predicted molar refractivity (Wildman–Crippen MR) is 59.3 cm³/mol. The molecule has 0 aromatic heterocycles. The Morgan fingerprint density at radius 1 is 1.67 bits per heavy atom. The SMILES string of the molecule is C=C/C(=C\C(N)=C/C)CC(OC)C(=O)O. The fraction of sp³-hybridized carbons (Fsp3) is 0.364. The number of carboxylic acid groups (broad SMARTS) is 1. The maximum Gasteiger partial charge on any atom is 0.333 e. The number of nitrogens with two attached hydrogens (primary N) is 1. The third-order valence-electron chi connectivity index (χ3n) is 1.93. The van der Waals surface area contributed by atoms with Crippen LogP contribution in [0.15, 0.2) is 36.1 Å². The van der Waals surface area contributed by atoms with Gasteiger partial charge in [0.15, 0.2) is 6.10 Å². The Hall–Kier alpha value is -1.55. The zero-order chi connectivity index (χ0) is 11.8. The van der Waals surface area contributed by atoms with E-state index in [-0.39, 0.29) is 6.42 Å². The number of allylic oxidation sites excluding steroid dienone is 3. The van der Waals surface area contributed by atoms with Gasteiger partial charge in [-0.3, -0.25) is 0 Å². The summed E-state index contributed by atoms with van der Waals surface area (Å²) in [6, 6.07) is 0. The van der Waals surface area contributed by atoms with Crippen molar-refractivity contribution in [2.45, 2.75) is 19.4 Å². The molecule has 0 aliphatic rings. The summed E-state index contributed by atoms with van der Waals surface area (Å²) in [4.78, 5) is 10.7. The maximum absolute atomic E-state index is 10.7. The summed E-state index contributed by atoms with van der Waals surface area (Å²) < 4.78 is 4.81. The van der Waals surface area contributed by atoms with Crippen LogP contribution in [0, 0.1) is 0 Å². The smallest absolute Gasteiger partial charge is 0.333 e. The molecule has 0 rings (SSSR count). The van der Waals surface area contributed by atoms with E-state index in [1.807, 2.05) is 0 Å². The number of hydrogen-bond acceptors (Lipinski definition) is 3. The molecule has 84 valence electrons. The van der Waals surface area contributed by atoms with Crippen LogP contribution in [0.4, 0.5) is 0 Å². The van der Waals surface area contributed by atoms with Crippen LogP contribution >= 0.6 is 0 Å². The van der Waals surface area contributed by atoms with Crippen LogP contribution in [0.2, 0.25) is 0 Å². The molecule has 3 N–H and O–H groups in total. The fourth-order valence-electron chi connectivity index (χ4n) is 0.984. The molecule has 0 saturated carbocycles. The summed E-state index contributed by atoms with van der Waals surface area (Å²) >= 11 is 0. The number of ether oxygens (including phenoxy) is 1. The average Bonchev–Trinajstić information content (AvgIpc) is 2.22. The first-order chi connectivity index (χ1) is 7.04. The fourth-order valence-corrected chi connectivity index (χ4v) is 0.984. The van der Waals surface area contributed by atoms with E-state index in [0.29, 0.717) is 5.70 Å². The molecule has 4 heteroatoms. The molecule has 0 radical (unpaired) electrons. The van der Waals surface area contributed by atoms with Gasteiger partial charge in [0.2, 0.25) is 0 Å². The van der Waals surface area contributed by atoms with Crippen LogP contribution in [-0.2, 0) is 9.53 Å². The maximum atomic E-state index is 10.7. The zero-order valence-electron chi connectivity index (χ0n) is 9.06. The van der Waals surface area contributed by atoms with Crippen molar-refractivity contribution in [3.8, 4) is 0 Å². The number of methoxy groups -OCH3 is 1. The molecule has 0 aliphatic heterocycles. The second kappa shape index (κ2) is 6.84. The number of hydrogen-bond donors (Lipinski definition) is 2. The largest absolute Gasteiger partial charge is 0.479 e. The van der Waals surface area contributed by atoms with E-state index in [9.17, 15) is 4.79 Å². The van der Waals surface area contributed by atoms with Gasteiger partial charge in [-0.05, 0) is 18.6 Å². The Bertz CT molecular complexity index is 292. The summed E-state index contributed by atoms with van der Waals surface area (Å²) in [5.74, 6) is -0.996. The highest BCUT2D eigenvalue weighted by Crippen LogP contribution is 2.11. The highest BCUT2D eigenvalue weighted by Gasteiger charge is 2.16. The summed E-state index contributed by atoms with van der Waals surface area (Å²) in [5, 5.41) is 8.78. The molecule has 0 fully saturated rings. The van der Waals surface area contributed by atoms with E-state index in [2.05, 4.69) is 6.58 Å². The molecule has 4 nitrogen and oxygen atoms in total. The first kappa shape index (κ1) is 13.4. The molecule has 0 heterocycles. The molecule has 1 unspecified atom stereocenters. The standard InChI is InChI=1S/C11H17NO3/c1-4-8(6-9(12)5-2)7-10(15-3)11(13)14/h4-6,10H,1,7,12H2,2-3H3,(H,13,14)/b8-6+,9-5+. The molecule has 0 aliphatic carbocycles. The van der Waals surface area contributed by atoms with E-state index in [0.717, 1.165) is 5.57 Å². The van der Waals surface area contributed by atoms with Gasteiger partial charge in [0.05, 0.1) is 0 Å². The van der Waals surface area contributed by atoms with Gasteiger partial charge in [0, 0.05) is 19.2 Å². The predicted octanol–water partition coefficient (Wildman–Crippen LogP) is 1.45. The highest BCUT2D eigenvalue weighted by atomic mass is 16.5. The van der Waals surface area contributed by atoms with Crippen molar-refractivity contribution in [3.05, 3.63) is 36.1 Å². The quantitative estimate of drug-likeness (QED) is 0.652. The van der Waals surface area contributed by atoms with Gasteiger partial charge in [-0.2, -0.15) is 0 Å². The lowest BCUT2D eigenvalue weighted by Gasteiger charge is -2.10. The van der Waals surface area contributed by atoms with Gasteiger partial charge in [-0.1, -0.05) is 18.7 Å². The first-order valence-electron chi connectivity index (χ1n) is 4.55. The topological polar surface area (TPSA) is 72.5 Å². The minimum atomic E-state index is -0.996. The van der Waals surface area contributed by atoms with E-state index in [1.165, 1.54) is 7.11 Å². The molecule has 0 aromatic carbocycles. The van der Waals surface area contributed by atoms with Crippen molar-refractivity contribution >= 4 is 5.97 Å². The Balaban J connectivity index is 4.64. The van der Waals surface area contributed by atoms with Gasteiger partial charge in [-0.25, -0.2) is 4.79 Å². The first-order valence-corrected chi connectivity index (χ1v) is 4.55. The molecular weight excluding hydrogens is 194 g/mol. The van der Waals surface area contributed by atoms with Crippen molar-refractivity contribution in [3.63, 3.8) is 0 Å². The van der Waals surface area contributed by atoms with Gasteiger partial charge in [0.25, 0.3) is 0 Å². The minimum Gasteiger partial charge on any atom is -0.479 e. The van der Waals surface area contributed by atoms with Crippen LogP contribution in [-0.4, -0.2) is 24.3 Å². The van der Waals surface area contributed by atoms with Crippen LogP contribution < -0.4 is 5.73 Å². The number of carbonyl (C=O) groups is 1. The zero-order valence-corrected chi connectivity index (χ0v) is 9.06. The van der Waals surface area contributed by atoms with Crippen LogP contribution in [0.5, 0.6) is 0 Å². The Morgan fingerprint density at radius 2 is 2.27 bits per heavy atom. The van der Waals surface area contributed by atoms with Gasteiger partial charge in [-0.15, -0.1) is 0 Å². The Morgan fingerprint density at radius 3 is 2.60 bits per heavy atom. The second-order valence-electron chi connectivity index (χ2n) is 2.98. The summed E-state index contributed by atoms with van der Waals surface area (Å²) in [6.45, 7) is 5.40. The minimum absolute atomic E-state index is 0.254. The molecule has 0 spiro atoms. The lowest BCUT2D eigenvalue weighted by molar-refractivity contribution is -0.148. The van der Waals surface area contributed by atoms with Crippen molar-refractivity contribution in [1.82, 2.24) is 0 Å². The van der Waals surface area contributed by atoms with E-state index < -0.39 is 12.1 Å². The Labute approximate surface area is 89.7 Å². The third-order valence-corrected chi connectivity index (χ3v) is 1.93. The lowest BCUT2D eigenvalue weighted by atomic mass is 10.1. The Kier molecular flexibility index (Phi) is 6.13. The number of aliphatic carboxylic acids is 1. The van der Waals surface area contributed by atoms with Crippen molar-refractivity contribution in [2.75, 3.05) is 7.11 Å². The number of carboxylic acids is 1. The lowest BCUT2D eigenvalue weighted by Crippen LogP contribution is -2.22. The van der Waals surface area contributed by atoms with Gasteiger partial charge >= 0.3 is 5.97 Å². The molecule has 15 heavy (non-hydrogen) atoms. The van der Waals surface area contributed by atoms with Crippen molar-refractivity contribution < 1.29 is 14.6 Å². The molecule has 0 saturated heterocycles. The normalized spacial score (nSPS) is 14.8. The van der Waals surface area contributed by atoms with Crippen LogP contribution in [0.25, 0.3) is 0 Å². The van der Waals surface area contributed by atoms with Gasteiger partial charge < -0.3 is 15.6 Å².